The molecule has 0 aliphatic carbocycles. The Kier molecular flexibility index (Phi) is 6.87. The number of hydrogen-bond donors (Lipinski definition) is 2. The van der Waals surface area contributed by atoms with Gasteiger partial charge in [0.15, 0.2) is 10.7 Å². The number of thiocarbonyl (C=S) groups is 1. The third kappa shape index (κ3) is 5.14. The molecule has 2 aromatic carbocycles. The summed E-state index contributed by atoms with van der Waals surface area (Å²) in [6.45, 7) is 6.30. The molecule has 29 heavy (non-hydrogen) atoms. The average molecular weight is 430 g/mol. The average Bonchev–Trinajstić information content (AvgIpc) is 3.12. The van der Waals surface area contributed by atoms with E-state index in [0.717, 1.165) is 29.5 Å². The van der Waals surface area contributed by atoms with Crippen molar-refractivity contribution >= 4 is 51.6 Å². The fourth-order valence-corrected chi connectivity index (χ4v) is 3.32. The van der Waals surface area contributed by atoms with E-state index >= 15 is 0 Å². The number of rotatable bonds is 6. The first-order valence-electron chi connectivity index (χ1n) is 9.72. The van der Waals surface area contributed by atoms with Gasteiger partial charge in [0.25, 0.3) is 0 Å². The van der Waals surface area contributed by atoms with E-state index < -0.39 is 0 Å². The van der Waals surface area contributed by atoms with Crippen molar-refractivity contribution < 1.29 is 9.21 Å². The van der Waals surface area contributed by atoms with Crippen LogP contribution >= 0.6 is 23.8 Å². The number of nitrogens with one attached hydrogen (secondary N) is 2. The van der Waals surface area contributed by atoms with Gasteiger partial charge in [0.1, 0.15) is 5.52 Å². The minimum Gasteiger partial charge on any atom is -0.436 e. The number of anilines is 1. The highest BCUT2D eigenvalue weighted by Crippen LogP contribution is 2.31. The van der Waals surface area contributed by atoms with Crippen molar-refractivity contribution in [2.45, 2.75) is 46.0 Å². The Morgan fingerprint density at radius 3 is 2.76 bits per heavy atom. The number of halogens is 1. The van der Waals surface area contributed by atoms with Gasteiger partial charge in [-0.25, -0.2) is 4.98 Å². The predicted molar refractivity (Wildman–Crippen MR) is 122 cm³/mol. The van der Waals surface area contributed by atoms with Gasteiger partial charge < -0.3 is 15.1 Å². The maximum Gasteiger partial charge on any atom is 0.227 e. The zero-order valence-corrected chi connectivity index (χ0v) is 18.3. The Morgan fingerprint density at radius 1 is 1.24 bits per heavy atom. The van der Waals surface area contributed by atoms with Gasteiger partial charge in [0.2, 0.25) is 11.8 Å². The van der Waals surface area contributed by atoms with Crippen LogP contribution in [-0.2, 0) is 4.79 Å². The highest BCUT2D eigenvalue weighted by Gasteiger charge is 2.13. The highest BCUT2D eigenvalue weighted by atomic mass is 35.5. The smallest absolute Gasteiger partial charge is 0.227 e. The van der Waals surface area contributed by atoms with Gasteiger partial charge in [0, 0.05) is 12.0 Å². The SMILES string of the molecule is CCCC(=O)NC(=S)Nc1cc(-c2nc3cc([C@H](C)CC)ccc3o2)ccc1Cl. The summed E-state index contributed by atoms with van der Waals surface area (Å²) in [5.74, 6) is 0.838. The highest BCUT2D eigenvalue weighted by molar-refractivity contribution is 7.80. The first-order chi connectivity index (χ1) is 13.9. The number of carbonyl (C=O) groups is 1. The normalized spacial score (nSPS) is 12.0. The molecule has 0 saturated heterocycles. The van der Waals surface area contributed by atoms with E-state index in [4.69, 9.17) is 28.2 Å². The molecule has 7 heteroatoms. The minimum atomic E-state index is -0.131. The third-order valence-electron chi connectivity index (χ3n) is 4.78. The van der Waals surface area contributed by atoms with E-state index in [1.807, 2.05) is 19.1 Å². The Balaban J connectivity index is 1.85. The second kappa shape index (κ2) is 9.37. The van der Waals surface area contributed by atoms with Crippen molar-refractivity contribution in [1.29, 1.82) is 0 Å². The molecular weight excluding hydrogens is 406 g/mol. The molecule has 0 radical (unpaired) electrons. The molecule has 0 bridgehead atoms. The van der Waals surface area contributed by atoms with Gasteiger partial charge in [-0.1, -0.05) is 38.4 Å². The van der Waals surface area contributed by atoms with Crippen molar-refractivity contribution in [2.75, 3.05) is 5.32 Å². The molecule has 152 valence electrons. The van der Waals surface area contributed by atoms with Crippen LogP contribution in [0.5, 0.6) is 0 Å². The van der Waals surface area contributed by atoms with E-state index in [1.54, 1.807) is 12.1 Å². The largest absolute Gasteiger partial charge is 0.436 e. The van der Waals surface area contributed by atoms with Crippen molar-refractivity contribution in [3.8, 4) is 11.5 Å². The molecule has 3 rings (SSSR count). The number of nitrogens with zero attached hydrogens (tertiary/aromatic N) is 1. The summed E-state index contributed by atoms with van der Waals surface area (Å²) < 4.78 is 5.93. The molecule has 3 aromatic rings. The molecule has 0 spiro atoms. The molecule has 2 N–H and O–H groups in total. The zero-order chi connectivity index (χ0) is 21.0. The van der Waals surface area contributed by atoms with Crippen molar-refractivity contribution in [3.05, 3.63) is 47.0 Å². The van der Waals surface area contributed by atoms with Crippen LogP contribution in [0.2, 0.25) is 5.02 Å². The number of hydrogen-bond acceptors (Lipinski definition) is 4. The Hall–Kier alpha value is -2.44. The summed E-state index contributed by atoms with van der Waals surface area (Å²) in [6.07, 6.45) is 2.23. The van der Waals surface area contributed by atoms with Gasteiger partial charge in [-0.2, -0.15) is 0 Å². The number of fused-ring (bicyclic) bond motifs is 1. The zero-order valence-electron chi connectivity index (χ0n) is 16.7. The maximum absolute atomic E-state index is 11.7. The lowest BCUT2D eigenvalue weighted by molar-refractivity contribution is -0.119. The summed E-state index contributed by atoms with van der Waals surface area (Å²) in [5.41, 5.74) is 4.14. The summed E-state index contributed by atoms with van der Waals surface area (Å²) in [5, 5.41) is 6.31. The van der Waals surface area contributed by atoms with Gasteiger partial charge in [-0.15, -0.1) is 0 Å². The topological polar surface area (TPSA) is 67.2 Å². The number of aromatic nitrogens is 1. The lowest BCUT2D eigenvalue weighted by Crippen LogP contribution is -2.33. The van der Waals surface area contributed by atoms with E-state index in [0.29, 0.717) is 28.9 Å². The summed E-state index contributed by atoms with van der Waals surface area (Å²) in [4.78, 5) is 16.4. The molecular formula is C22H24ClN3O2S. The van der Waals surface area contributed by atoms with E-state index in [-0.39, 0.29) is 11.0 Å². The van der Waals surface area contributed by atoms with Crippen LogP contribution in [0.25, 0.3) is 22.6 Å². The molecule has 0 saturated carbocycles. The van der Waals surface area contributed by atoms with Crippen LogP contribution < -0.4 is 10.6 Å². The molecule has 0 aliphatic heterocycles. The molecule has 5 nitrogen and oxygen atoms in total. The van der Waals surface area contributed by atoms with Crippen LogP contribution in [0.15, 0.2) is 40.8 Å². The Morgan fingerprint density at radius 2 is 2.03 bits per heavy atom. The Bertz CT molecular complexity index is 1050. The van der Waals surface area contributed by atoms with Crippen molar-refractivity contribution in [1.82, 2.24) is 10.3 Å². The van der Waals surface area contributed by atoms with Crippen LogP contribution in [0.3, 0.4) is 0 Å². The first kappa shape index (κ1) is 21.3. The second-order valence-electron chi connectivity index (χ2n) is 7.00. The van der Waals surface area contributed by atoms with Crippen LogP contribution in [0, 0.1) is 0 Å². The van der Waals surface area contributed by atoms with Gasteiger partial charge in [-0.05, 0) is 66.9 Å². The Labute approximate surface area is 180 Å². The fourth-order valence-electron chi connectivity index (χ4n) is 2.93. The van der Waals surface area contributed by atoms with E-state index in [1.165, 1.54) is 5.56 Å². The standard InChI is InChI=1S/C22H24ClN3O2S/c1-4-6-20(27)26-22(29)25-17-12-15(7-9-16(17)23)21-24-18-11-14(13(3)5-2)8-10-19(18)28-21/h7-13H,4-6H2,1-3H3,(H2,25,26,27,29)/t13-/m1/s1. The van der Waals surface area contributed by atoms with Crippen molar-refractivity contribution in [3.63, 3.8) is 0 Å². The molecule has 1 amide bonds. The van der Waals surface area contributed by atoms with E-state index in [2.05, 4.69) is 41.6 Å². The van der Waals surface area contributed by atoms with Crippen molar-refractivity contribution in [2.24, 2.45) is 0 Å². The fraction of sp³-hybridized carbons (Fsp3) is 0.318. The van der Waals surface area contributed by atoms with E-state index in [9.17, 15) is 4.79 Å². The van der Waals surface area contributed by atoms with Crippen LogP contribution in [0.4, 0.5) is 5.69 Å². The molecule has 0 fully saturated rings. The van der Waals surface area contributed by atoms with Gasteiger partial charge in [-0.3, -0.25) is 4.79 Å². The van der Waals surface area contributed by atoms with Gasteiger partial charge in [0.05, 0.1) is 10.7 Å². The van der Waals surface area contributed by atoms with Crippen LogP contribution in [-0.4, -0.2) is 16.0 Å². The number of carbonyl (C=O) groups excluding carboxylic acids is 1. The molecule has 1 aromatic heterocycles. The number of oxazole rings is 1. The number of amides is 1. The lowest BCUT2D eigenvalue weighted by atomic mass is 9.98. The lowest BCUT2D eigenvalue weighted by Gasteiger charge is -2.11. The molecule has 1 atom stereocenters. The second-order valence-corrected chi connectivity index (χ2v) is 7.82. The minimum absolute atomic E-state index is 0.131. The number of benzene rings is 2. The molecule has 1 heterocycles. The third-order valence-corrected chi connectivity index (χ3v) is 5.32. The van der Waals surface area contributed by atoms with Crippen LogP contribution in [0.1, 0.15) is 51.5 Å². The summed E-state index contributed by atoms with van der Waals surface area (Å²) in [6, 6.07) is 11.5. The monoisotopic (exact) mass is 429 g/mol. The summed E-state index contributed by atoms with van der Waals surface area (Å²) in [7, 11) is 0. The van der Waals surface area contributed by atoms with Gasteiger partial charge >= 0.3 is 0 Å². The molecule has 0 unspecified atom stereocenters. The maximum atomic E-state index is 11.7. The quantitative estimate of drug-likeness (QED) is 0.451. The molecule has 0 aliphatic rings. The predicted octanol–water partition coefficient (Wildman–Crippen LogP) is 6.27. The summed E-state index contributed by atoms with van der Waals surface area (Å²) >= 11 is 11.5. The first-order valence-corrected chi connectivity index (χ1v) is 10.5.